The highest BCUT2D eigenvalue weighted by atomic mass is 19.4. The van der Waals surface area contributed by atoms with Gasteiger partial charge in [-0.1, -0.05) is 6.07 Å². The second-order valence-corrected chi connectivity index (χ2v) is 7.16. The molecule has 0 bridgehead atoms. The summed E-state index contributed by atoms with van der Waals surface area (Å²) in [6, 6.07) is 6.88. The number of halogens is 3. The molecular formula is C19H19F3N6O. The van der Waals surface area contributed by atoms with Crippen molar-refractivity contribution in [2.45, 2.75) is 37.8 Å². The minimum atomic E-state index is -4.60. The fraction of sp³-hybridized carbons (Fsp3) is 0.421. The highest BCUT2D eigenvalue weighted by Crippen LogP contribution is 2.36. The van der Waals surface area contributed by atoms with E-state index in [0.29, 0.717) is 23.9 Å². The molecule has 7 nitrogen and oxygen atoms in total. The molecule has 4 rings (SSSR count). The van der Waals surface area contributed by atoms with Crippen LogP contribution in [0, 0.1) is 5.92 Å². The molecule has 0 saturated heterocycles. The zero-order valence-corrected chi connectivity index (χ0v) is 15.4. The first kappa shape index (κ1) is 19.3. The predicted octanol–water partition coefficient (Wildman–Crippen LogP) is 3.24. The van der Waals surface area contributed by atoms with Crippen LogP contribution in [-0.4, -0.2) is 37.0 Å². The summed E-state index contributed by atoms with van der Waals surface area (Å²) in [7, 11) is 0. The van der Waals surface area contributed by atoms with Crippen LogP contribution in [0.5, 0.6) is 0 Å². The van der Waals surface area contributed by atoms with Crippen molar-refractivity contribution >= 4 is 11.7 Å². The molecule has 1 fully saturated rings. The van der Waals surface area contributed by atoms with Crippen LogP contribution in [0.25, 0.3) is 5.78 Å². The average molecular weight is 404 g/mol. The van der Waals surface area contributed by atoms with Crippen LogP contribution >= 0.6 is 0 Å². The third-order valence-corrected chi connectivity index (χ3v) is 5.24. The maximum absolute atomic E-state index is 12.9. The molecule has 0 spiro atoms. The Hall–Kier alpha value is -3.04. The van der Waals surface area contributed by atoms with Crippen molar-refractivity contribution in [3.05, 3.63) is 53.9 Å². The van der Waals surface area contributed by atoms with E-state index in [2.05, 4.69) is 25.4 Å². The van der Waals surface area contributed by atoms with Gasteiger partial charge in [0, 0.05) is 24.9 Å². The first-order valence-electron chi connectivity index (χ1n) is 9.40. The van der Waals surface area contributed by atoms with Crippen molar-refractivity contribution in [2.24, 2.45) is 5.92 Å². The van der Waals surface area contributed by atoms with E-state index in [9.17, 15) is 18.0 Å². The third-order valence-electron chi connectivity index (χ3n) is 5.24. The fourth-order valence-corrected chi connectivity index (χ4v) is 3.73. The standard InChI is InChI=1S/C19H19F3N6O/c20-19(21,22)17-26-18-24-10-8-15(28(18)27-17)13-6-4-12(5-7-13)11-25-16(29)14-3-1-2-9-23-14/h1-3,8-10,12-13H,4-7,11H2,(H,25,29). The third kappa shape index (κ3) is 4.20. The van der Waals surface area contributed by atoms with E-state index in [0.717, 1.165) is 25.7 Å². The normalized spacial score (nSPS) is 20.0. The number of nitrogens with one attached hydrogen (secondary N) is 1. The summed E-state index contributed by atoms with van der Waals surface area (Å²) in [5.74, 6) is -1.03. The van der Waals surface area contributed by atoms with Crippen molar-refractivity contribution in [1.29, 1.82) is 0 Å². The van der Waals surface area contributed by atoms with Gasteiger partial charge in [0.15, 0.2) is 0 Å². The number of hydrogen-bond donors (Lipinski definition) is 1. The molecule has 1 amide bonds. The lowest BCUT2D eigenvalue weighted by molar-refractivity contribution is -0.144. The summed E-state index contributed by atoms with van der Waals surface area (Å²) in [5.41, 5.74) is 1.07. The summed E-state index contributed by atoms with van der Waals surface area (Å²) in [4.78, 5) is 23.5. The van der Waals surface area contributed by atoms with Crippen molar-refractivity contribution in [1.82, 2.24) is 29.9 Å². The van der Waals surface area contributed by atoms with Gasteiger partial charge in [0.1, 0.15) is 5.69 Å². The SMILES string of the molecule is O=C(NCC1CCC(c2ccnc3nc(C(F)(F)F)nn23)CC1)c1ccccn1. The molecule has 3 heterocycles. The van der Waals surface area contributed by atoms with Crippen LogP contribution in [0.3, 0.4) is 0 Å². The molecule has 1 saturated carbocycles. The summed E-state index contributed by atoms with van der Waals surface area (Å²) in [6.07, 6.45) is 1.75. The van der Waals surface area contributed by atoms with E-state index < -0.39 is 12.0 Å². The Balaban J connectivity index is 1.38. The molecule has 29 heavy (non-hydrogen) atoms. The molecule has 0 radical (unpaired) electrons. The Labute approximate surface area is 164 Å². The van der Waals surface area contributed by atoms with Crippen LogP contribution in [-0.2, 0) is 6.18 Å². The van der Waals surface area contributed by atoms with Gasteiger partial charge in [-0.25, -0.2) is 9.50 Å². The van der Waals surface area contributed by atoms with Crippen LogP contribution in [0.15, 0.2) is 36.7 Å². The summed E-state index contributed by atoms with van der Waals surface area (Å²) >= 11 is 0. The molecule has 0 aromatic carbocycles. The first-order valence-corrected chi connectivity index (χ1v) is 9.40. The minimum absolute atomic E-state index is 0.0421. The minimum Gasteiger partial charge on any atom is -0.350 e. The molecule has 0 atom stereocenters. The van der Waals surface area contributed by atoms with Crippen LogP contribution in [0.2, 0.25) is 0 Å². The molecule has 1 N–H and O–H groups in total. The number of carbonyl (C=O) groups is 1. The average Bonchev–Trinajstić information content (AvgIpc) is 3.18. The van der Waals surface area contributed by atoms with Gasteiger partial charge in [0.25, 0.3) is 17.5 Å². The van der Waals surface area contributed by atoms with Crippen molar-refractivity contribution in [2.75, 3.05) is 6.54 Å². The number of fused-ring (bicyclic) bond motifs is 1. The van der Waals surface area contributed by atoms with Crippen molar-refractivity contribution in [3.8, 4) is 0 Å². The maximum atomic E-state index is 12.9. The fourth-order valence-electron chi connectivity index (χ4n) is 3.73. The van der Waals surface area contributed by atoms with E-state index in [1.54, 1.807) is 30.5 Å². The lowest BCUT2D eigenvalue weighted by Gasteiger charge is -2.28. The zero-order chi connectivity index (χ0) is 20.4. The smallest absolute Gasteiger partial charge is 0.350 e. The second kappa shape index (κ2) is 7.76. The highest BCUT2D eigenvalue weighted by molar-refractivity contribution is 5.92. The Bertz CT molecular complexity index is 996. The number of carbonyl (C=O) groups excluding carboxylic acids is 1. The molecule has 10 heteroatoms. The number of aromatic nitrogens is 5. The number of nitrogens with zero attached hydrogens (tertiary/aromatic N) is 5. The number of alkyl halides is 3. The van der Waals surface area contributed by atoms with Gasteiger partial charge in [-0.05, 0) is 49.8 Å². The van der Waals surface area contributed by atoms with Gasteiger partial charge >= 0.3 is 6.18 Å². The van der Waals surface area contributed by atoms with Gasteiger partial charge in [-0.2, -0.15) is 18.2 Å². The van der Waals surface area contributed by atoms with Gasteiger partial charge < -0.3 is 5.32 Å². The van der Waals surface area contributed by atoms with E-state index >= 15 is 0 Å². The van der Waals surface area contributed by atoms with Gasteiger partial charge in [-0.3, -0.25) is 9.78 Å². The lowest BCUT2D eigenvalue weighted by Crippen LogP contribution is -2.31. The highest BCUT2D eigenvalue weighted by Gasteiger charge is 2.37. The summed E-state index contributed by atoms with van der Waals surface area (Å²) < 4.78 is 40.0. The molecule has 1 aliphatic carbocycles. The van der Waals surface area contributed by atoms with E-state index in [4.69, 9.17) is 0 Å². The molecule has 1 aliphatic rings. The second-order valence-electron chi connectivity index (χ2n) is 7.16. The number of rotatable bonds is 4. The molecular weight excluding hydrogens is 385 g/mol. The molecule has 3 aromatic heterocycles. The molecule has 0 aliphatic heterocycles. The molecule has 0 unspecified atom stereocenters. The summed E-state index contributed by atoms with van der Waals surface area (Å²) in [6.45, 7) is 0.551. The molecule has 152 valence electrons. The number of pyridine rings is 1. The first-order chi connectivity index (χ1) is 13.9. The largest absolute Gasteiger partial charge is 0.453 e. The number of amides is 1. The van der Waals surface area contributed by atoms with Crippen molar-refractivity contribution in [3.63, 3.8) is 0 Å². The zero-order valence-electron chi connectivity index (χ0n) is 15.4. The van der Waals surface area contributed by atoms with Gasteiger partial charge in [0.2, 0.25) is 0 Å². The lowest BCUT2D eigenvalue weighted by atomic mass is 9.80. The van der Waals surface area contributed by atoms with E-state index in [-0.39, 0.29) is 17.6 Å². The predicted molar refractivity (Wildman–Crippen MR) is 97.1 cm³/mol. The molecule has 3 aromatic rings. The van der Waals surface area contributed by atoms with Crippen LogP contribution in [0.1, 0.15) is 53.6 Å². The van der Waals surface area contributed by atoms with E-state index in [1.807, 2.05) is 0 Å². The van der Waals surface area contributed by atoms with E-state index in [1.165, 1.54) is 10.7 Å². The summed E-state index contributed by atoms with van der Waals surface area (Å²) in [5, 5.41) is 6.53. The number of hydrogen-bond acceptors (Lipinski definition) is 5. The quantitative estimate of drug-likeness (QED) is 0.722. The Morgan fingerprint density at radius 1 is 1.10 bits per heavy atom. The van der Waals surface area contributed by atoms with Crippen LogP contribution in [0.4, 0.5) is 13.2 Å². The Kier molecular flexibility index (Phi) is 5.16. The van der Waals surface area contributed by atoms with Gasteiger partial charge in [-0.15, -0.1) is 5.10 Å². The Morgan fingerprint density at radius 3 is 2.59 bits per heavy atom. The van der Waals surface area contributed by atoms with Gasteiger partial charge in [0.05, 0.1) is 5.69 Å². The maximum Gasteiger partial charge on any atom is 0.453 e. The Morgan fingerprint density at radius 2 is 1.90 bits per heavy atom. The van der Waals surface area contributed by atoms with Crippen molar-refractivity contribution < 1.29 is 18.0 Å². The van der Waals surface area contributed by atoms with Crippen LogP contribution < -0.4 is 5.32 Å². The monoisotopic (exact) mass is 404 g/mol. The topological polar surface area (TPSA) is 85.1 Å².